The molecule has 0 spiro atoms. The summed E-state index contributed by atoms with van der Waals surface area (Å²) in [6.07, 6.45) is 2.83. The molecule has 1 aromatic carbocycles. The van der Waals surface area contributed by atoms with Gasteiger partial charge < -0.3 is 10.3 Å². The Balaban J connectivity index is 2.00. The zero-order valence-electron chi connectivity index (χ0n) is 12.4. The van der Waals surface area contributed by atoms with Gasteiger partial charge in [0.2, 0.25) is 10.0 Å². The summed E-state index contributed by atoms with van der Waals surface area (Å²) < 4.78 is 30.0. The first-order valence-electron chi connectivity index (χ1n) is 7.17. The standard InChI is InChI=1S/C15H21N3O2S/c1-11-14(12-6-3-4-7-13(12)18(11)2)21(19,20)17-10-15(16)8-5-9-15/h3-4,6-7,17H,5,8-10,16H2,1-2H3. The van der Waals surface area contributed by atoms with Gasteiger partial charge in [0.1, 0.15) is 4.90 Å². The fourth-order valence-corrected chi connectivity index (χ4v) is 4.55. The van der Waals surface area contributed by atoms with Crippen molar-refractivity contribution in [3.63, 3.8) is 0 Å². The predicted molar refractivity (Wildman–Crippen MR) is 83.6 cm³/mol. The Morgan fingerprint density at radius 1 is 1.33 bits per heavy atom. The van der Waals surface area contributed by atoms with Crippen molar-refractivity contribution in [1.29, 1.82) is 0 Å². The fourth-order valence-electron chi connectivity index (χ4n) is 2.94. The van der Waals surface area contributed by atoms with Crippen LogP contribution in [0.3, 0.4) is 0 Å². The van der Waals surface area contributed by atoms with Crippen LogP contribution in [0.25, 0.3) is 10.9 Å². The molecule has 0 radical (unpaired) electrons. The lowest BCUT2D eigenvalue weighted by Gasteiger charge is -2.38. The highest BCUT2D eigenvalue weighted by molar-refractivity contribution is 7.89. The Kier molecular flexibility index (Phi) is 3.35. The van der Waals surface area contributed by atoms with E-state index in [1.807, 2.05) is 42.8 Å². The summed E-state index contributed by atoms with van der Waals surface area (Å²) in [5, 5.41) is 0.754. The van der Waals surface area contributed by atoms with Crippen LogP contribution in [0.15, 0.2) is 29.2 Å². The Morgan fingerprint density at radius 3 is 2.62 bits per heavy atom. The third-order valence-corrected chi connectivity index (χ3v) is 6.15. The SMILES string of the molecule is Cc1c(S(=O)(=O)NCC2(N)CCC2)c2ccccc2n1C. The Bertz CT molecular complexity index is 789. The minimum absolute atomic E-state index is 0.304. The molecule has 1 saturated carbocycles. The molecule has 0 unspecified atom stereocenters. The molecule has 3 N–H and O–H groups in total. The molecule has 2 aromatic rings. The summed E-state index contributed by atoms with van der Waals surface area (Å²) in [6, 6.07) is 7.54. The quantitative estimate of drug-likeness (QED) is 0.901. The van der Waals surface area contributed by atoms with Gasteiger partial charge in [0.25, 0.3) is 0 Å². The number of fused-ring (bicyclic) bond motifs is 1. The predicted octanol–water partition coefficient (Wildman–Crippen LogP) is 1.65. The van der Waals surface area contributed by atoms with E-state index in [2.05, 4.69) is 4.72 Å². The van der Waals surface area contributed by atoms with Crippen LogP contribution in [0, 0.1) is 6.92 Å². The highest BCUT2D eigenvalue weighted by Crippen LogP contribution is 2.31. The highest BCUT2D eigenvalue weighted by Gasteiger charge is 2.34. The van der Waals surface area contributed by atoms with Crippen LogP contribution in [-0.2, 0) is 17.1 Å². The highest BCUT2D eigenvalue weighted by atomic mass is 32.2. The van der Waals surface area contributed by atoms with E-state index in [0.29, 0.717) is 11.4 Å². The van der Waals surface area contributed by atoms with E-state index < -0.39 is 10.0 Å². The first kappa shape index (κ1) is 14.6. The second-order valence-corrected chi connectivity index (χ2v) is 7.73. The molecule has 0 aliphatic heterocycles. The van der Waals surface area contributed by atoms with Gasteiger partial charge >= 0.3 is 0 Å². The molecular weight excluding hydrogens is 286 g/mol. The summed E-state index contributed by atoms with van der Waals surface area (Å²) in [4.78, 5) is 0.364. The van der Waals surface area contributed by atoms with Gasteiger partial charge in [-0.05, 0) is 32.3 Å². The third kappa shape index (κ3) is 2.37. The van der Waals surface area contributed by atoms with Crippen molar-refractivity contribution < 1.29 is 8.42 Å². The molecule has 3 rings (SSSR count). The van der Waals surface area contributed by atoms with E-state index in [1.165, 1.54) is 0 Å². The van der Waals surface area contributed by atoms with Crippen LogP contribution < -0.4 is 10.5 Å². The van der Waals surface area contributed by atoms with E-state index in [4.69, 9.17) is 5.73 Å². The Labute approximate surface area is 125 Å². The largest absolute Gasteiger partial charge is 0.347 e. The monoisotopic (exact) mass is 307 g/mol. The summed E-state index contributed by atoms with van der Waals surface area (Å²) in [6.45, 7) is 2.13. The second kappa shape index (κ2) is 4.83. The van der Waals surface area contributed by atoms with Crippen LogP contribution in [0.1, 0.15) is 25.0 Å². The number of nitrogens with zero attached hydrogens (tertiary/aromatic N) is 1. The molecule has 6 heteroatoms. The van der Waals surface area contributed by atoms with Crippen molar-refractivity contribution in [2.75, 3.05) is 6.54 Å². The normalized spacial score (nSPS) is 17.9. The van der Waals surface area contributed by atoms with Crippen LogP contribution >= 0.6 is 0 Å². The number of nitrogens with one attached hydrogen (secondary N) is 1. The van der Waals surface area contributed by atoms with E-state index in [-0.39, 0.29) is 5.54 Å². The number of hydrogen-bond acceptors (Lipinski definition) is 3. The minimum atomic E-state index is -3.56. The summed E-state index contributed by atoms with van der Waals surface area (Å²) >= 11 is 0. The van der Waals surface area contributed by atoms with Crippen molar-refractivity contribution in [3.8, 4) is 0 Å². The van der Waals surface area contributed by atoms with Crippen molar-refractivity contribution >= 4 is 20.9 Å². The molecule has 0 bridgehead atoms. The van der Waals surface area contributed by atoms with Crippen molar-refractivity contribution in [1.82, 2.24) is 9.29 Å². The lowest BCUT2D eigenvalue weighted by atomic mass is 9.78. The first-order valence-corrected chi connectivity index (χ1v) is 8.65. The molecular formula is C15H21N3O2S. The zero-order valence-corrected chi connectivity index (χ0v) is 13.2. The van der Waals surface area contributed by atoms with Gasteiger partial charge in [-0.1, -0.05) is 18.2 Å². The van der Waals surface area contributed by atoms with Gasteiger partial charge in [0, 0.05) is 35.7 Å². The van der Waals surface area contributed by atoms with Crippen LogP contribution in [0.4, 0.5) is 0 Å². The second-order valence-electron chi connectivity index (χ2n) is 6.03. The van der Waals surface area contributed by atoms with Gasteiger partial charge in [-0.25, -0.2) is 13.1 Å². The average molecular weight is 307 g/mol. The molecule has 0 atom stereocenters. The van der Waals surface area contributed by atoms with Gasteiger partial charge in [-0.2, -0.15) is 0 Å². The molecule has 0 saturated heterocycles. The van der Waals surface area contributed by atoms with Crippen molar-refractivity contribution in [2.24, 2.45) is 12.8 Å². The number of nitrogens with two attached hydrogens (primary N) is 1. The average Bonchev–Trinajstić information content (AvgIpc) is 2.68. The van der Waals surface area contributed by atoms with Gasteiger partial charge in [0.05, 0.1) is 0 Å². The summed E-state index contributed by atoms with van der Waals surface area (Å²) in [7, 11) is -1.67. The fraction of sp³-hybridized carbons (Fsp3) is 0.467. The number of rotatable bonds is 4. The number of para-hydroxylation sites is 1. The first-order chi connectivity index (χ1) is 9.84. The molecule has 114 valence electrons. The molecule has 1 aliphatic carbocycles. The number of benzene rings is 1. The topological polar surface area (TPSA) is 77.1 Å². The maximum atomic E-state index is 12.7. The molecule has 21 heavy (non-hydrogen) atoms. The maximum Gasteiger partial charge on any atom is 0.243 e. The van der Waals surface area contributed by atoms with Crippen molar-refractivity contribution in [3.05, 3.63) is 30.0 Å². The third-order valence-electron chi connectivity index (χ3n) is 4.57. The van der Waals surface area contributed by atoms with Gasteiger partial charge in [-0.15, -0.1) is 0 Å². The van der Waals surface area contributed by atoms with Crippen molar-refractivity contribution in [2.45, 2.75) is 36.6 Å². The minimum Gasteiger partial charge on any atom is -0.347 e. The number of aryl methyl sites for hydroxylation is 1. The smallest absolute Gasteiger partial charge is 0.243 e. The lowest BCUT2D eigenvalue weighted by molar-refractivity contribution is 0.251. The lowest BCUT2D eigenvalue weighted by Crippen LogP contribution is -2.54. The molecule has 5 nitrogen and oxygen atoms in total. The molecule has 1 heterocycles. The van der Waals surface area contributed by atoms with E-state index in [0.717, 1.165) is 35.9 Å². The number of hydrogen-bond donors (Lipinski definition) is 2. The number of sulfonamides is 1. The Morgan fingerprint density at radius 2 is 2.00 bits per heavy atom. The molecule has 0 amide bonds. The van der Waals surface area contributed by atoms with E-state index >= 15 is 0 Å². The maximum absolute atomic E-state index is 12.7. The molecule has 1 aromatic heterocycles. The zero-order chi connectivity index (χ0) is 15.3. The van der Waals surface area contributed by atoms with Crippen LogP contribution in [0.5, 0.6) is 0 Å². The van der Waals surface area contributed by atoms with Crippen LogP contribution in [0.2, 0.25) is 0 Å². The van der Waals surface area contributed by atoms with E-state index in [9.17, 15) is 8.42 Å². The van der Waals surface area contributed by atoms with E-state index in [1.54, 1.807) is 0 Å². The van der Waals surface area contributed by atoms with Crippen LogP contribution in [-0.4, -0.2) is 25.1 Å². The summed E-state index contributed by atoms with van der Waals surface area (Å²) in [5.41, 5.74) is 7.40. The van der Waals surface area contributed by atoms with Gasteiger partial charge in [-0.3, -0.25) is 0 Å². The van der Waals surface area contributed by atoms with Gasteiger partial charge in [0.15, 0.2) is 0 Å². The molecule has 1 fully saturated rings. The Hall–Kier alpha value is -1.37. The summed E-state index contributed by atoms with van der Waals surface area (Å²) in [5.74, 6) is 0. The molecule has 1 aliphatic rings. The number of aromatic nitrogens is 1.